The van der Waals surface area contributed by atoms with Crippen LogP contribution in [0, 0.1) is 5.41 Å². The molecule has 0 amide bonds. The van der Waals surface area contributed by atoms with Gasteiger partial charge in [-0.15, -0.1) is 0 Å². The molecule has 2 heterocycles. The van der Waals surface area contributed by atoms with Crippen LogP contribution < -0.4 is 5.32 Å². The Morgan fingerprint density at radius 1 is 1.22 bits per heavy atom. The van der Waals surface area contributed by atoms with Gasteiger partial charge in [-0.3, -0.25) is 4.79 Å². The molecule has 2 aromatic rings. The minimum absolute atomic E-state index is 0.00511. The lowest BCUT2D eigenvalue weighted by Crippen LogP contribution is -2.38. The van der Waals surface area contributed by atoms with E-state index in [2.05, 4.69) is 19.2 Å². The van der Waals surface area contributed by atoms with Gasteiger partial charge in [-0.25, -0.2) is 4.79 Å². The van der Waals surface area contributed by atoms with Gasteiger partial charge in [-0.1, -0.05) is 37.0 Å². The lowest BCUT2D eigenvalue weighted by molar-refractivity contribution is -0.138. The van der Waals surface area contributed by atoms with Crippen molar-refractivity contribution in [3.63, 3.8) is 0 Å². The normalized spacial score (nSPS) is 20.2. The van der Waals surface area contributed by atoms with E-state index >= 15 is 0 Å². The monoisotopic (exact) mass is 473 g/mol. The van der Waals surface area contributed by atoms with Gasteiger partial charge in [0.25, 0.3) is 0 Å². The first-order valence-electron chi connectivity index (χ1n) is 10.6. The van der Waals surface area contributed by atoms with Crippen LogP contribution in [0.3, 0.4) is 0 Å². The summed E-state index contributed by atoms with van der Waals surface area (Å²) in [6, 6.07) is 8.74. The highest BCUT2D eigenvalue weighted by atomic mass is 35.5. The molecule has 0 saturated heterocycles. The van der Waals surface area contributed by atoms with Crippen LogP contribution in [0.25, 0.3) is 11.3 Å². The summed E-state index contributed by atoms with van der Waals surface area (Å²) in [5.41, 5.74) is 2.98. The molecule has 1 aliphatic carbocycles. The molecule has 1 N–H and O–H groups in total. The van der Waals surface area contributed by atoms with Gasteiger partial charge < -0.3 is 14.5 Å². The molecule has 0 radical (unpaired) electrons. The fourth-order valence-corrected chi connectivity index (χ4v) is 5.04. The first kappa shape index (κ1) is 22.7. The van der Waals surface area contributed by atoms with E-state index in [1.807, 2.05) is 6.92 Å². The number of hydrogen-bond donors (Lipinski definition) is 1. The summed E-state index contributed by atoms with van der Waals surface area (Å²) < 4.78 is 11.5. The van der Waals surface area contributed by atoms with E-state index in [-0.39, 0.29) is 17.8 Å². The third kappa shape index (κ3) is 4.12. The molecular weight excluding hydrogens is 449 g/mol. The third-order valence-corrected chi connectivity index (χ3v) is 6.39. The number of nitrogens with one attached hydrogen (secondary N) is 1. The third-order valence-electron chi connectivity index (χ3n) is 5.84. The lowest BCUT2D eigenvalue weighted by atomic mass is 9.69. The van der Waals surface area contributed by atoms with Gasteiger partial charge in [0.2, 0.25) is 0 Å². The number of Topliss-reactive ketones (excluding diaryl/α,β-unsaturated/α-hetero) is 1. The number of carbonyl (C=O) groups excluding carboxylic acids is 2. The van der Waals surface area contributed by atoms with E-state index in [1.165, 1.54) is 0 Å². The van der Waals surface area contributed by atoms with Gasteiger partial charge >= 0.3 is 5.97 Å². The van der Waals surface area contributed by atoms with E-state index in [4.69, 9.17) is 32.4 Å². The molecule has 0 fully saturated rings. The number of furan rings is 1. The van der Waals surface area contributed by atoms with E-state index in [0.29, 0.717) is 56.8 Å². The second-order valence-electron chi connectivity index (χ2n) is 8.98. The Kier molecular flexibility index (Phi) is 5.99. The number of rotatable bonds is 4. The standard InChI is InChI=1S/C25H25Cl2NO4/c1-5-31-24(30)21-13(2)28-17-11-25(3,4)12-18(29)22(17)23(21)20-9-8-19(32-20)15-7-6-14(26)10-16(15)27/h6-10,23,28H,5,11-12H2,1-4H3/t23-/m1/s1. The van der Waals surface area contributed by atoms with Crippen LogP contribution in [-0.4, -0.2) is 18.4 Å². The Morgan fingerprint density at radius 2 is 1.97 bits per heavy atom. The number of benzene rings is 1. The number of carbonyl (C=O) groups is 2. The molecule has 0 saturated carbocycles. The van der Waals surface area contributed by atoms with Crippen molar-refractivity contribution in [3.8, 4) is 11.3 Å². The maximum Gasteiger partial charge on any atom is 0.336 e. The fraction of sp³-hybridized carbons (Fsp3) is 0.360. The van der Waals surface area contributed by atoms with Crippen LogP contribution in [-0.2, 0) is 14.3 Å². The van der Waals surface area contributed by atoms with Gasteiger partial charge in [-0.2, -0.15) is 0 Å². The highest BCUT2D eigenvalue weighted by Gasteiger charge is 2.44. The summed E-state index contributed by atoms with van der Waals surface area (Å²) in [6.07, 6.45) is 1.10. The van der Waals surface area contributed by atoms with Crippen LogP contribution in [0.15, 0.2) is 57.3 Å². The molecule has 1 atom stereocenters. The molecule has 0 bridgehead atoms. The summed E-state index contributed by atoms with van der Waals surface area (Å²) in [5, 5.41) is 4.29. The van der Waals surface area contributed by atoms with Crippen molar-refractivity contribution in [2.24, 2.45) is 5.41 Å². The molecule has 1 aromatic heterocycles. The highest BCUT2D eigenvalue weighted by molar-refractivity contribution is 6.36. The molecule has 2 aliphatic rings. The van der Waals surface area contributed by atoms with Crippen LogP contribution >= 0.6 is 23.2 Å². The molecule has 4 rings (SSSR count). The summed E-state index contributed by atoms with van der Waals surface area (Å²) in [4.78, 5) is 26.2. The Labute approximate surface area is 197 Å². The molecule has 168 valence electrons. The zero-order valence-electron chi connectivity index (χ0n) is 18.5. The Hall–Kier alpha value is -2.50. The van der Waals surface area contributed by atoms with Crippen LogP contribution in [0.2, 0.25) is 10.0 Å². The topological polar surface area (TPSA) is 68.5 Å². The molecule has 1 aliphatic heterocycles. The molecule has 5 nitrogen and oxygen atoms in total. The minimum atomic E-state index is -0.645. The van der Waals surface area contributed by atoms with Crippen molar-refractivity contribution in [2.75, 3.05) is 6.61 Å². The summed E-state index contributed by atoms with van der Waals surface area (Å²) in [5.74, 6) is -0.0734. The van der Waals surface area contributed by atoms with Crippen molar-refractivity contribution in [2.45, 2.75) is 46.5 Å². The summed E-state index contributed by atoms with van der Waals surface area (Å²) >= 11 is 12.4. The largest absolute Gasteiger partial charge is 0.463 e. The predicted octanol–water partition coefficient (Wildman–Crippen LogP) is 6.42. The SMILES string of the molecule is CCOC(=O)C1=C(C)NC2=C(C(=O)CC(C)(C)C2)[C@@H]1c1ccc(-c2ccc(Cl)cc2Cl)o1. The number of halogens is 2. The van der Waals surface area contributed by atoms with E-state index in [1.54, 1.807) is 37.3 Å². The number of dihydropyridines is 1. The smallest absolute Gasteiger partial charge is 0.336 e. The number of allylic oxidation sites excluding steroid dienone is 3. The maximum absolute atomic E-state index is 13.3. The van der Waals surface area contributed by atoms with Crippen molar-refractivity contribution in [1.82, 2.24) is 5.32 Å². The Bertz CT molecular complexity index is 1170. The average molecular weight is 474 g/mol. The zero-order valence-corrected chi connectivity index (χ0v) is 20.0. The van der Waals surface area contributed by atoms with Gasteiger partial charge in [0.1, 0.15) is 11.5 Å². The van der Waals surface area contributed by atoms with Crippen LogP contribution in [0.4, 0.5) is 0 Å². The zero-order chi connectivity index (χ0) is 23.2. The average Bonchev–Trinajstić information content (AvgIpc) is 3.15. The van der Waals surface area contributed by atoms with E-state index in [0.717, 1.165) is 5.70 Å². The van der Waals surface area contributed by atoms with Gasteiger partial charge in [-0.05, 0) is 56.0 Å². The minimum Gasteiger partial charge on any atom is -0.463 e. The van der Waals surface area contributed by atoms with E-state index in [9.17, 15) is 9.59 Å². The fourth-order valence-electron chi connectivity index (χ4n) is 4.54. The number of ether oxygens (including phenoxy) is 1. The molecule has 1 aromatic carbocycles. The summed E-state index contributed by atoms with van der Waals surface area (Å²) in [6.45, 7) is 7.96. The second-order valence-corrected chi connectivity index (χ2v) is 9.82. The maximum atomic E-state index is 13.3. The van der Waals surface area contributed by atoms with Crippen molar-refractivity contribution in [3.05, 3.63) is 68.7 Å². The quantitative estimate of drug-likeness (QED) is 0.518. The molecule has 32 heavy (non-hydrogen) atoms. The first-order chi connectivity index (χ1) is 15.1. The van der Waals surface area contributed by atoms with E-state index < -0.39 is 11.9 Å². The molecular formula is C25H25Cl2NO4. The number of hydrogen-bond acceptors (Lipinski definition) is 5. The number of esters is 1. The highest BCUT2D eigenvalue weighted by Crippen LogP contribution is 2.47. The predicted molar refractivity (Wildman–Crippen MR) is 124 cm³/mol. The van der Waals surface area contributed by atoms with Crippen LogP contribution in [0.5, 0.6) is 0 Å². The molecule has 7 heteroatoms. The lowest BCUT2D eigenvalue weighted by Gasteiger charge is -2.38. The molecule has 0 unspecified atom stereocenters. The van der Waals surface area contributed by atoms with Gasteiger partial charge in [0.05, 0.1) is 23.1 Å². The number of ketones is 1. The van der Waals surface area contributed by atoms with Crippen molar-refractivity contribution < 1.29 is 18.7 Å². The van der Waals surface area contributed by atoms with Gasteiger partial charge in [0.15, 0.2) is 5.78 Å². The second kappa shape index (κ2) is 8.45. The summed E-state index contributed by atoms with van der Waals surface area (Å²) in [7, 11) is 0. The van der Waals surface area contributed by atoms with Crippen molar-refractivity contribution >= 4 is 35.0 Å². The Balaban J connectivity index is 1.85. The Morgan fingerprint density at radius 3 is 2.66 bits per heavy atom. The van der Waals surface area contributed by atoms with Crippen LogP contribution in [0.1, 0.15) is 52.2 Å². The first-order valence-corrected chi connectivity index (χ1v) is 11.3. The van der Waals surface area contributed by atoms with Gasteiger partial charge in [0, 0.05) is 34.0 Å². The molecule has 0 spiro atoms. The van der Waals surface area contributed by atoms with Crippen molar-refractivity contribution in [1.29, 1.82) is 0 Å².